The minimum Gasteiger partial charge on any atom is -0.496 e. The molecule has 5 rings (SSSR count). The Labute approximate surface area is 210 Å². The van der Waals surface area contributed by atoms with E-state index in [1.807, 2.05) is 80.6 Å². The van der Waals surface area contributed by atoms with E-state index in [4.69, 9.17) is 4.74 Å². The largest absolute Gasteiger partial charge is 0.496 e. The van der Waals surface area contributed by atoms with Crippen LogP contribution in [-0.4, -0.2) is 40.4 Å². The topological polar surface area (TPSA) is 95.9 Å². The van der Waals surface area contributed by atoms with E-state index in [1.54, 1.807) is 7.11 Å². The van der Waals surface area contributed by atoms with Gasteiger partial charge in [-0.1, -0.05) is 80.9 Å². The van der Waals surface area contributed by atoms with Gasteiger partial charge in [-0.05, 0) is 28.5 Å². The molecule has 2 N–H and O–H groups in total. The molecule has 0 aliphatic carbocycles. The number of nitrogens with one attached hydrogen (secondary N) is 1. The monoisotopic (exact) mass is 486 g/mol. The Morgan fingerprint density at radius 2 is 1.69 bits per heavy atom. The maximum absolute atomic E-state index is 13.9. The predicted octanol–water partition coefficient (Wildman–Crippen LogP) is 4.16. The summed E-state index contributed by atoms with van der Waals surface area (Å²) in [5.41, 5.74) is 0.0436. The molecule has 2 heterocycles. The van der Waals surface area contributed by atoms with Crippen molar-refractivity contribution in [3.05, 3.63) is 77.9 Å². The van der Waals surface area contributed by atoms with E-state index >= 15 is 0 Å². The van der Waals surface area contributed by atoms with Crippen molar-refractivity contribution in [3.63, 3.8) is 0 Å². The molecule has 0 bridgehead atoms. The third-order valence-corrected chi connectivity index (χ3v) is 8.09. The second-order valence-electron chi connectivity index (χ2n) is 9.76. The fraction of sp³-hybridized carbons (Fsp3) is 0.345. The number of aliphatic carboxylic acids is 1. The summed E-state index contributed by atoms with van der Waals surface area (Å²) in [6.45, 7) is 3.87. The van der Waals surface area contributed by atoms with Crippen LogP contribution in [0.4, 0.5) is 0 Å². The second kappa shape index (κ2) is 9.06. The van der Waals surface area contributed by atoms with Crippen molar-refractivity contribution in [2.75, 3.05) is 7.11 Å². The van der Waals surface area contributed by atoms with Gasteiger partial charge < -0.3 is 9.84 Å². The van der Waals surface area contributed by atoms with Crippen molar-refractivity contribution in [3.8, 4) is 5.75 Å². The average Bonchev–Trinajstić information content (AvgIpc) is 3.38. The maximum atomic E-state index is 13.9. The van der Waals surface area contributed by atoms with Crippen LogP contribution in [0.2, 0.25) is 0 Å². The first-order chi connectivity index (χ1) is 17.3. The van der Waals surface area contributed by atoms with Gasteiger partial charge in [-0.3, -0.25) is 24.6 Å². The van der Waals surface area contributed by atoms with Crippen LogP contribution >= 0.6 is 0 Å². The molecule has 3 aromatic rings. The molecule has 0 saturated carbocycles. The third kappa shape index (κ3) is 3.41. The highest BCUT2D eigenvalue weighted by molar-refractivity contribution is 6.10. The average molecular weight is 487 g/mol. The van der Waals surface area contributed by atoms with Gasteiger partial charge in [-0.25, -0.2) is 0 Å². The standard InChI is InChI=1S/C29H30N2O5/c1-4-17(2)29(28(34)35)24-23(26(32)31(27(24)33)16-18-10-6-5-7-11-18)25(30-29)21-14-15-22(36-3)20-13-9-8-12-19(20)21/h5-15,17,23-25,30H,4,16H2,1-3H3,(H,34,35). The van der Waals surface area contributed by atoms with Crippen LogP contribution in [0.5, 0.6) is 5.75 Å². The summed E-state index contributed by atoms with van der Waals surface area (Å²) < 4.78 is 5.54. The van der Waals surface area contributed by atoms with Gasteiger partial charge in [0.15, 0.2) is 0 Å². The normalized spacial score (nSPS) is 26.3. The first-order valence-electron chi connectivity index (χ1n) is 12.3. The summed E-state index contributed by atoms with van der Waals surface area (Å²) >= 11 is 0. The molecule has 3 aromatic carbocycles. The molecular weight excluding hydrogens is 456 g/mol. The lowest BCUT2D eigenvalue weighted by molar-refractivity contribution is -0.154. The highest BCUT2D eigenvalue weighted by Gasteiger charge is 2.69. The predicted molar refractivity (Wildman–Crippen MR) is 135 cm³/mol. The number of likely N-dealkylation sites (tertiary alicyclic amines) is 1. The van der Waals surface area contributed by atoms with E-state index in [0.29, 0.717) is 12.2 Å². The summed E-state index contributed by atoms with van der Waals surface area (Å²) in [6, 6.07) is 20.1. The fourth-order valence-corrected chi connectivity index (χ4v) is 6.12. The summed E-state index contributed by atoms with van der Waals surface area (Å²) in [5, 5.41) is 15.7. The zero-order valence-corrected chi connectivity index (χ0v) is 20.6. The van der Waals surface area contributed by atoms with Crippen molar-refractivity contribution in [1.29, 1.82) is 0 Å². The zero-order chi connectivity index (χ0) is 25.6. The molecule has 2 aliphatic rings. The van der Waals surface area contributed by atoms with Gasteiger partial charge >= 0.3 is 5.97 Å². The van der Waals surface area contributed by atoms with E-state index in [-0.39, 0.29) is 18.4 Å². The number of rotatable bonds is 7. The number of carbonyl (C=O) groups excluding carboxylic acids is 2. The Bertz CT molecular complexity index is 1340. The van der Waals surface area contributed by atoms with Gasteiger partial charge in [-0.2, -0.15) is 0 Å². The first kappa shape index (κ1) is 24.0. The Balaban J connectivity index is 1.68. The molecule has 7 heteroatoms. The number of methoxy groups -OCH3 is 1. The molecule has 36 heavy (non-hydrogen) atoms. The highest BCUT2D eigenvalue weighted by Crippen LogP contribution is 2.53. The van der Waals surface area contributed by atoms with E-state index in [0.717, 1.165) is 21.9 Å². The summed E-state index contributed by atoms with van der Waals surface area (Å²) in [4.78, 5) is 42.0. The van der Waals surface area contributed by atoms with Crippen LogP contribution in [0.1, 0.15) is 37.4 Å². The number of imide groups is 1. The number of benzene rings is 3. The molecule has 0 aromatic heterocycles. The van der Waals surface area contributed by atoms with Crippen LogP contribution in [0, 0.1) is 17.8 Å². The smallest absolute Gasteiger partial charge is 0.325 e. The van der Waals surface area contributed by atoms with Gasteiger partial charge in [0, 0.05) is 11.4 Å². The fourth-order valence-electron chi connectivity index (χ4n) is 6.12. The summed E-state index contributed by atoms with van der Waals surface area (Å²) in [6.07, 6.45) is 0.540. The lowest BCUT2D eigenvalue weighted by Crippen LogP contribution is -2.59. The number of amides is 2. The number of ether oxygens (including phenoxy) is 1. The number of hydrogen-bond donors (Lipinski definition) is 2. The first-order valence-corrected chi connectivity index (χ1v) is 12.3. The Hall–Kier alpha value is -3.71. The number of carbonyl (C=O) groups is 3. The number of carboxylic acid groups (broad SMARTS) is 1. The highest BCUT2D eigenvalue weighted by atomic mass is 16.5. The van der Waals surface area contributed by atoms with E-state index in [2.05, 4.69) is 5.32 Å². The van der Waals surface area contributed by atoms with Crippen molar-refractivity contribution >= 4 is 28.6 Å². The minimum atomic E-state index is -1.57. The third-order valence-electron chi connectivity index (χ3n) is 8.09. The lowest BCUT2D eigenvalue weighted by atomic mass is 9.71. The second-order valence-corrected chi connectivity index (χ2v) is 9.76. The van der Waals surface area contributed by atoms with Crippen LogP contribution in [-0.2, 0) is 20.9 Å². The summed E-state index contributed by atoms with van der Waals surface area (Å²) in [5.74, 6) is -3.40. The molecule has 2 saturated heterocycles. The SMILES string of the molecule is CCC(C)C1(C(=O)O)NC(c2ccc(OC)c3ccccc23)C2C(=O)N(Cc3ccccc3)C(=O)C21. The molecule has 2 aliphatic heterocycles. The van der Waals surface area contributed by atoms with Crippen LogP contribution in [0.3, 0.4) is 0 Å². The quantitative estimate of drug-likeness (QED) is 0.487. The van der Waals surface area contributed by atoms with Crippen LogP contribution in [0.15, 0.2) is 66.7 Å². The van der Waals surface area contributed by atoms with E-state index < -0.39 is 35.3 Å². The number of nitrogens with zero attached hydrogens (tertiary/aromatic N) is 1. The maximum Gasteiger partial charge on any atom is 0.325 e. The molecule has 5 atom stereocenters. The molecule has 2 amide bonds. The van der Waals surface area contributed by atoms with Crippen molar-refractivity contribution in [2.45, 2.75) is 38.4 Å². The molecule has 2 fully saturated rings. The molecule has 0 radical (unpaired) electrons. The number of hydrogen-bond acceptors (Lipinski definition) is 5. The number of carboxylic acids is 1. The Morgan fingerprint density at radius 1 is 1.03 bits per heavy atom. The van der Waals surface area contributed by atoms with Crippen molar-refractivity contribution < 1.29 is 24.2 Å². The van der Waals surface area contributed by atoms with Crippen molar-refractivity contribution in [1.82, 2.24) is 10.2 Å². The van der Waals surface area contributed by atoms with Gasteiger partial charge in [-0.15, -0.1) is 0 Å². The zero-order valence-electron chi connectivity index (χ0n) is 20.6. The van der Waals surface area contributed by atoms with Crippen LogP contribution < -0.4 is 10.1 Å². The molecule has 5 unspecified atom stereocenters. The molecular formula is C29H30N2O5. The van der Waals surface area contributed by atoms with E-state index in [1.165, 1.54) is 4.90 Å². The molecule has 0 spiro atoms. The van der Waals surface area contributed by atoms with Crippen molar-refractivity contribution in [2.24, 2.45) is 17.8 Å². The van der Waals surface area contributed by atoms with E-state index in [9.17, 15) is 19.5 Å². The minimum absolute atomic E-state index is 0.123. The Kier molecular flexibility index (Phi) is 6.04. The van der Waals surface area contributed by atoms with Gasteiger partial charge in [0.25, 0.3) is 0 Å². The van der Waals surface area contributed by atoms with Gasteiger partial charge in [0.2, 0.25) is 11.8 Å². The summed E-state index contributed by atoms with van der Waals surface area (Å²) in [7, 11) is 1.60. The van der Waals surface area contributed by atoms with Gasteiger partial charge in [0.1, 0.15) is 11.3 Å². The lowest BCUT2D eigenvalue weighted by Gasteiger charge is -2.36. The molecule has 186 valence electrons. The number of fused-ring (bicyclic) bond motifs is 2. The van der Waals surface area contributed by atoms with Crippen LogP contribution in [0.25, 0.3) is 10.8 Å². The van der Waals surface area contributed by atoms with Gasteiger partial charge in [0.05, 0.1) is 25.5 Å². The Morgan fingerprint density at radius 3 is 2.33 bits per heavy atom. The molecule has 7 nitrogen and oxygen atoms in total.